The maximum absolute atomic E-state index is 12.4. The average Bonchev–Trinajstić information content (AvgIpc) is 3.23. The van der Waals surface area contributed by atoms with Crippen LogP contribution in [0.4, 0.5) is 10.5 Å². The Morgan fingerprint density at radius 2 is 1.70 bits per heavy atom. The van der Waals surface area contributed by atoms with Crippen LogP contribution in [0.2, 0.25) is 10.0 Å². The summed E-state index contributed by atoms with van der Waals surface area (Å²) in [4.78, 5) is 20.2. The largest absolute Gasteiger partial charge is 0.417 e. The zero-order valence-corrected chi connectivity index (χ0v) is 19.4. The van der Waals surface area contributed by atoms with E-state index in [1.165, 1.54) is 37.7 Å². The number of nitrogens with zero attached hydrogens (tertiary/aromatic N) is 1. The summed E-state index contributed by atoms with van der Waals surface area (Å²) in [6.45, 7) is 0. The highest BCUT2D eigenvalue weighted by atomic mass is 35.5. The van der Waals surface area contributed by atoms with Gasteiger partial charge < -0.3 is 9.72 Å². The van der Waals surface area contributed by atoms with E-state index in [0.717, 1.165) is 0 Å². The number of ether oxygens (including phenoxy) is 1. The monoisotopic (exact) mass is 479 g/mol. The molecule has 1 aliphatic carbocycles. The van der Waals surface area contributed by atoms with Crippen LogP contribution in [0.1, 0.15) is 43.6 Å². The first-order valence-corrected chi connectivity index (χ1v) is 11.9. The molecule has 1 fully saturated rings. The van der Waals surface area contributed by atoms with Gasteiger partial charge in [-0.15, -0.1) is 0 Å². The maximum atomic E-state index is 12.4. The molecule has 3 aromatic carbocycles. The molecule has 0 saturated heterocycles. The SMILES string of the molecule is O=C(Nc1ccc(C2CCCCC2)cc1)Oc1ccc2nc(-c3c(Cl)cccc3Cl)[nH]c2c1. The first-order valence-electron chi connectivity index (χ1n) is 11.1. The van der Waals surface area contributed by atoms with Crippen LogP contribution in [0.15, 0.2) is 60.7 Å². The van der Waals surface area contributed by atoms with Crippen LogP contribution in [0.3, 0.4) is 0 Å². The molecule has 33 heavy (non-hydrogen) atoms. The van der Waals surface area contributed by atoms with Crippen LogP contribution in [0, 0.1) is 0 Å². The summed E-state index contributed by atoms with van der Waals surface area (Å²) in [5, 5.41) is 3.81. The number of anilines is 1. The standard InChI is InChI=1S/C26H23Cl2N3O2/c27-20-7-4-8-21(28)24(20)25-30-22-14-13-19(15-23(22)31-25)33-26(32)29-18-11-9-17(10-12-18)16-5-2-1-3-6-16/h4,7-16H,1-3,5-6H2,(H,29,32)(H,30,31). The minimum absolute atomic E-state index is 0.402. The summed E-state index contributed by atoms with van der Waals surface area (Å²) in [5.74, 6) is 1.59. The van der Waals surface area contributed by atoms with Crippen LogP contribution in [-0.2, 0) is 0 Å². The number of halogens is 2. The lowest BCUT2D eigenvalue weighted by atomic mass is 9.84. The van der Waals surface area contributed by atoms with Gasteiger partial charge >= 0.3 is 6.09 Å². The van der Waals surface area contributed by atoms with Gasteiger partial charge in [-0.2, -0.15) is 0 Å². The van der Waals surface area contributed by atoms with Gasteiger partial charge in [-0.3, -0.25) is 5.32 Å². The number of imidazole rings is 1. The molecule has 4 aromatic rings. The second-order valence-corrected chi connectivity index (χ2v) is 9.15. The highest BCUT2D eigenvalue weighted by Gasteiger charge is 2.16. The molecule has 5 rings (SSSR count). The fraction of sp³-hybridized carbons (Fsp3) is 0.231. The van der Waals surface area contributed by atoms with Crippen LogP contribution < -0.4 is 10.1 Å². The normalized spacial score (nSPS) is 14.4. The topological polar surface area (TPSA) is 67.0 Å². The third-order valence-electron chi connectivity index (χ3n) is 6.10. The van der Waals surface area contributed by atoms with E-state index in [9.17, 15) is 4.79 Å². The Morgan fingerprint density at radius 3 is 2.42 bits per heavy atom. The fourth-order valence-electron chi connectivity index (χ4n) is 4.42. The summed E-state index contributed by atoms with van der Waals surface area (Å²) in [5.41, 5.74) is 4.11. The minimum Gasteiger partial charge on any atom is -0.410 e. The maximum Gasteiger partial charge on any atom is 0.417 e. The van der Waals surface area contributed by atoms with Gasteiger partial charge in [0.2, 0.25) is 0 Å². The predicted octanol–water partition coefficient (Wildman–Crippen LogP) is 8.20. The number of carbonyl (C=O) groups excluding carboxylic acids is 1. The first kappa shape index (κ1) is 21.8. The molecule has 1 heterocycles. The molecule has 2 N–H and O–H groups in total. The molecule has 1 saturated carbocycles. The number of benzene rings is 3. The van der Waals surface area contributed by atoms with Crippen molar-refractivity contribution in [3.05, 3.63) is 76.3 Å². The summed E-state index contributed by atoms with van der Waals surface area (Å²) >= 11 is 12.6. The number of hydrogen-bond acceptors (Lipinski definition) is 3. The Kier molecular flexibility index (Phi) is 6.25. The molecular weight excluding hydrogens is 457 g/mol. The molecule has 0 radical (unpaired) electrons. The second kappa shape index (κ2) is 9.46. The van der Waals surface area contributed by atoms with E-state index in [2.05, 4.69) is 27.4 Å². The van der Waals surface area contributed by atoms with Gasteiger partial charge in [-0.1, -0.05) is 60.7 Å². The Hall–Kier alpha value is -3.02. The van der Waals surface area contributed by atoms with Crippen LogP contribution >= 0.6 is 23.2 Å². The van der Waals surface area contributed by atoms with E-state index in [4.69, 9.17) is 27.9 Å². The molecule has 1 aliphatic rings. The summed E-state index contributed by atoms with van der Waals surface area (Å²) in [6.07, 6.45) is 5.87. The molecule has 7 heteroatoms. The number of rotatable bonds is 4. The van der Waals surface area contributed by atoms with Gasteiger partial charge in [-0.25, -0.2) is 9.78 Å². The lowest BCUT2D eigenvalue weighted by molar-refractivity contribution is 0.215. The molecule has 0 unspecified atom stereocenters. The summed E-state index contributed by atoms with van der Waals surface area (Å²) in [7, 11) is 0. The highest BCUT2D eigenvalue weighted by molar-refractivity contribution is 6.39. The van der Waals surface area contributed by atoms with E-state index in [-0.39, 0.29) is 0 Å². The van der Waals surface area contributed by atoms with E-state index in [0.29, 0.717) is 49.8 Å². The van der Waals surface area contributed by atoms with E-state index < -0.39 is 6.09 Å². The molecule has 5 nitrogen and oxygen atoms in total. The average molecular weight is 480 g/mol. The highest BCUT2D eigenvalue weighted by Crippen LogP contribution is 2.35. The van der Waals surface area contributed by atoms with Crippen molar-refractivity contribution >= 4 is 46.0 Å². The Morgan fingerprint density at radius 1 is 0.970 bits per heavy atom. The van der Waals surface area contributed by atoms with Gasteiger partial charge in [0.25, 0.3) is 0 Å². The molecule has 0 spiro atoms. The van der Waals surface area contributed by atoms with Crippen molar-refractivity contribution < 1.29 is 9.53 Å². The van der Waals surface area contributed by atoms with Gasteiger partial charge in [-0.05, 0) is 60.7 Å². The van der Waals surface area contributed by atoms with Crippen molar-refractivity contribution in [1.29, 1.82) is 0 Å². The number of amides is 1. The molecular formula is C26H23Cl2N3O2. The third kappa shape index (κ3) is 4.85. The summed E-state index contributed by atoms with van der Waals surface area (Å²) < 4.78 is 5.49. The van der Waals surface area contributed by atoms with Crippen molar-refractivity contribution in [2.75, 3.05) is 5.32 Å². The van der Waals surface area contributed by atoms with E-state index in [1.54, 1.807) is 36.4 Å². The smallest absolute Gasteiger partial charge is 0.410 e. The van der Waals surface area contributed by atoms with Gasteiger partial charge in [0, 0.05) is 11.8 Å². The lowest BCUT2D eigenvalue weighted by Gasteiger charge is -2.22. The molecule has 1 amide bonds. The molecule has 168 valence electrons. The predicted molar refractivity (Wildman–Crippen MR) is 133 cm³/mol. The van der Waals surface area contributed by atoms with Crippen molar-refractivity contribution in [1.82, 2.24) is 9.97 Å². The number of H-pyrrole nitrogens is 1. The van der Waals surface area contributed by atoms with Crippen LogP contribution in [-0.4, -0.2) is 16.1 Å². The number of aromatic nitrogens is 2. The van der Waals surface area contributed by atoms with Crippen molar-refractivity contribution in [3.63, 3.8) is 0 Å². The summed E-state index contributed by atoms with van der Waals surface area (Å²) in [6, 6.07) is 18.6. The second-order valence-electron chi connectivity index (χ2n) is 8.33. The van der Waals surface area contributed by atoms with Crippen molar-refractivity contribution in [2.24, 2.45) is 0 Å². The Balaban J connectivity index is 1.27. The van der Waals surface area contributed by atoms with Crippen LogP contribution in [0.5, 0.6) is 5.75 Å². The molecule has 0 bridgehead atoms. The van der Waals surface area contributed by atoms with E-state index >= 15 is 0 Å². The Labute approximate surface area is 202 Å². The van der Waals surface area contributed by atoms with Crippen LogP contribution in [0.25, 0.3) is 22.4 Å². The zero-order valence-electron chi connectivity index (χ0n) is 17.9. The number of fused-ring (bicyclic) bond motifs is 1. The number of nitrogens with one attached hydrogen (secondary N) is 2. The fourth-order valence-corrected chi connectivity index (χ4v) is 5.00. The number of hydrogen-bond donors (Lipinski definition) is 2. The zero-order chi connectivity index (χ0) is 22.8. The minimum atomic E-state index is -0.548. The first-order chi connectivity index (χ1) is 16.1. The van der Waals surface area contributed by atoms with E-state index in [1.807, 2.05) is 12.1 Å². The molecule has 1 aromatic heterocycles. The third-order valence-corrected chi connectivity index (χ3v) is 6.73. The quantitative estimate of drug-likeness (QED) is 0.309. The lowest BCUT2D eigenvalue weighted by Crippen LogP contribution is -2.16. The van der Waals surface area contributed by atoms with Gasteiger partial charge in [0.1, 0.15) is 11.6 Å². The number of aromatic amines is 1. The number of carbonyl (C=O) groups is 1. The Bertz CT molecular complexity index is 1270. The van der Waals surface area contributed by atoms with Crippen molar-refractivity contribution in [3.8, 4) is 17.1 Å². The van der Waals surface area contributed by atoms with Crippen molar-refractivity contribution in [2.45, 2.75) is 38.0 Å². The molecule has 0 aliphatic heterocycles. The molecule has 0 atom stereocenters. The van der Waals surface area contributed by atoms with Gasteiger partial charge in [0.15, 0.2) is 0 Å². The van der Waals surface area contributed by atoms with Gasteiger partial charge in [0.05, 0.1) is 26.6 Å².